The molecule has 0 bridgehead atoms. The minimum Gasteiger partial charge on any atom is -0.444 e. The van der Waals surface area contributed by atoms with Gasteiger partial charge in [-0.3, -0.25) is 4.79 Å². The summed E-state index contributed by atoms with van der Waals surface area (Å²) in [6, 6.07) is 16.1. The SMILES string of the molecule is CN(C)C(=O)c1cccc(CCN[C@@H]2C[C@H](NC(=O)OC(C)(C)C)c3ccccc32)c1. The van der Waals surface area contributed by atoms with Gasteiger partial charge in [-0.2, -0.15) is 0 Å². The van der Waals surface area contributed by atoms with Gasteiger partial charge in [0, 0.05) is 25.7 Å². The molecule has 0 saturated heterocycles. The van der Waals surface area contributed by atoms with Gasteiger partial charge in [-0.15, -0.1) is 0 Å². The number of benzene rings is 2. The number of nitrogens with one attached hydrogen (secondary N) is 2. The van der Waals surface area contributed by atoms with Crippen molar-refractivity contribution in [3.8, 4) is 0 Å². The first-order valence-corrected chi connectivity index (χ1v) is 10.8. The van der Waals surface area contributed by atoms with Gasteiger partial charge in [0.2, 0.25) is 0 Å². The summed E-state index contributed by atoms with van der Waals surface area (Å²) in [6.07, 6.45) is 1.20. The summed E-state index contributed by atoms with van der Waals surface area (Å²) < 4.78 is 5.43. The number of hydrogen-bond donors (Lipinski definition) is 2. The fourth-order valence-electron chi connectivity index (χ4n) is 3.92. The van der Waals surface area contributed by atoms with Crippen molar-refractivity contribution in [3.63, 3.8) is 0 Å². The third-order valence-electron chi connectivity index (χ3n) is 5.29. The standard InChI is InChI=1S/C25H33N3O3/c1-25(2,3)31-24(30)27-22-16-21(19-11-6-7-12-20(19)22)26-14-13-17-9-8-10-18(15-17)23(29)28(4)5/h6-12,15,21-22,26H,13-14,16H2,1-5H3,(H,27,30)/t21-,22+/m1/s1. The van der Waals surface area contributed by atoms with Crippen LogP contribution in [0.15, 0.2) is 48.5 Å². The molecule has 0 fully saturated rings. The van der Waals surface area contributed by atoms with E-state index in [9.17, 15) is 9.59 Å². The number of rotatable bonds is 6. The van der Waals surface area contributed by atoms with E-state index in [-0.39, 0.29) is 18.0 Å². The molecule has 2 aromatic carbocycles. The minimum absolute atomic E-state index is 0.00980. The Morgan fingerprint density at radius 3 is 2.35 bits per heavy atom. The normalized spacial score (nSPS) is 17.7. The molecule has 0 heterocycles. The topological polar surface area (TPSA) is 70.7 Å². The van der Waals surface area contributed by atoms with Crippen LogP contribution in [0.2, 0.25) is 0 Å². The molecule has 2 aromatic rings. The number of ether oxygens (including phenoxy) is 1. The zero-order valence-corrected chi connectivity index (χ0v) is 19.1. The number of fused-ring (bicyclic) bond motifs is 1. The predicted octanol–water partition coefficient (Wildman–Crippen LogP) is 4.23. The van der Waals surface area contributed by atoms with Gasteiger partial charge in [-0.25, -0.2) is 4.79 Å². The van der Waals surface area contributed by atoms with Gasteiger partial charge in [0.15, 0.2) is 0 Å². The zero-order chi connectivity index (χ0) is 22.6. The monoisotopic (exact) mass is 423 g/mol. The molecule has 31 heavy (non-hydrogen) atoms. The molecule has 2 N–H and O–H groups in total. The van der Waals surface area contributed by atoms with E-state index < -0.39 is 11.7 Å². The maximum atomic E-state index is 12.3. The Hall–Kier alpha value is -2.86. The van der Waals surface area contributed by atoms with E-state index in [4.69, 9.17) is 4.74 Å². The van der Waals surface area contributed by atoms with Crippen LogP contribution in [-0.2, 0) is 11.2 Å². The molecule has 2 amide bonds. The molecule has 0 radical (unpaired) electrons. The van der Waals surface area contributed by atoms with Crippen LogP contribution in [0.4, 0.5) is 4.79 Å². The summed E-state index contributed by atoms with van der Waals surface area (Å²) >= 11 is 0. The van der Waals surface area contributed by atoms with Gasteiger partial charge in [-0.1, -0.05) is 36.4 Å². The second-order valence-corrected chi connectivity index (χ2v) is 9.22. The van der Waals surface area contributed by atoms with Crippen LogP contribution in [0.25, 0.3) is 0 Å². The molecule has 0 spiro atoms. The minimum atomic E-state index is -0.525. The molecular weight excluding hydrogens is 390 g/mol. The number of nitrogens with zero attached hydrogens (tertiary/aromatic N) is 1. The Morgan fingerprint density at radius 1 is 1.03 bits per heavy atom. The molecule has 6 heteroatoms. The quantitative estimate of drug-likeness (QED) is 0.729. The molecular formula is C25H33N3O3. The summed E-state index contributed by atoms with van der Waals surface area (Å²) in [6.45, 7) is 6.36. The molecule has 0 unspecified atom stereocenters. The third kappa shape index (κ3) is 6.07. The summed E-state index contributed by atoms with van der Waals surface area (Å²) in [5, 5.41) is 6.64. The smallest absolute Gasteiger partial charge is 0.408 e. The Morgan fingerprint density at radius 2 is 1.71 bits per heavy atom. The fraction of sp³-hybridized carbons (Fsp3) is 0.440. The van der Waals surface area contributed by atoms with E-state index in [0.29, 0.717) is 5.56 Å². The average Bonchev–Trinajstić information content (AvgIpc) is 3.03. The van der Waals surface area contributed by atoms with Crippen molar-refractivity contribution in [3.05, 3.63) is 70.8 Å². The van der Waals surface area contributed by atoms with Crippen molar-refractivity contribution in [1.82, 2.24) is 15.5 Å². The molecule has 1 aliphatic rings. The van der Waals surface area contributed by atoms with E-state index in [1.54, 1.807) is 19.0 Å². The van der Waals surface area contributed by atoms with Crippen molar-refractivity contribution < 1.29 is 14.3 Å². The first-order chi connectivity index (χ1) is 14.6. The van der Waals surface area contributed by atoms with E-state index >= 15 is 0 Å². The summed E-state index contributed by atoms with van der Waals surface area (Å²) in [5.41, 5.74) is 3.64. The number of carbonyl (C=O) groups is 2. The Bertz CT molecular complexity index is 934. The van der Waals surface area contributed by atoms with Crippen LogP contribution in [0, 0.1) is 0 Å². The van der Waals surface area contributed by atoms with E-state index in [1.165, 1.54) is 5.56 Å². The number of amides is 2. The summed E-state index contributed by atoms with van der Waals surface area (Å²) in [4.78, 5) is 26.1. The molecule has 6 nitrogen and oxygen atoms in total. The zero-order valence-electron chi connectivity index (χ0n) is 19.1. The number of alkyl carbamates (subject to hydrolysis) is 1. The number of carbonyl (C=O) groups excluding carboxylic acids is 2. The predicted molar refractivity (Wildman–Crippen MR) is 122 cm³/mol. The van der Waals surface area contributed by atoms with Crippen LogP contribution < -0.4 is 10.6 Å². The molecule has 3 rings (SSSR count). The van der Waals surface area contributed by atoms with Crippen LogP contribution in [0.5, 0.6) is 0 Å². The van der Waals surface area contributed by atoms with Crippen molar-refractivity contribution in [2.24, 2.45) is 0 Å². The molecule has 1 aliphatic carbocycles. The first-order valence-electron chi connectivity index (χ1n) is 10.8. The van der Waals surface area contributed by atoms with Gasteiger partial charge < -0.3 is 20.3 Å². The highest BCUT2D eigenvalue weighted by Crippen LogP contribution is 2.38. The van der Waals surface area contributed by atoms with Gasteiger partial charge in [-0.05, 0) is 69.0 Å². The van der Waals surface area contributed by atoms with Crippen LogP contribution in [0.3, 0.4) is 0 Å². The maximum absolute atomic E-state index is 12.3. The highest BCUT2D eigenvalue weighted by Gasteiger charge is 2.32. The fourth-order valence-corrected chi connectivity index (χ4v) is 3.92. The van der Waals surface area contributed by atoms with Gasteiger partial charge >= 0.3 is 6.09 Å². The van der Waals surface area contributed by atoms with Crippen LogP contribution >= 0.6 is 0 Å². The number of hydrogen-bond acceptors (Lipinski definition) is 4. The first kappa shape index (κ1) is 22.8. The van der Waals surface area contributed by atoms with Gasteiger partial charge in [0.25, 0.3) is 5.91 Å². The second kappa shape index (κ2) is 9.52. The third-order valence-corrected chi connectivity index (χ3v) is 5.29. The molecule has 166 valence electrons. The Labute approximate surface area is 185 Å². The second-order valence-electron chi connectivity index (χ2n) is 9.22. The maximum Gasteiger partial charge on any atom is 0.408 e. The lowest BCUT2D eigenvalue weighted by molar-refractivity contribution is 0.0501. The van der Waals surface area contributed by atoms with Crippen LogP contribution in [0.1, 0.15) is 66.3 Å². The summed E-state index contributed by atoms with van der Waals surface area (Å²) in [7, 11) is 3.52. The van der Waals surface area contributed by atoms with Crippen molar-refractivity contribution in [2.75, 3.05) is 20.6 Å². The lowest BCUT2D eigenvalue weighted by atomic mass is 10.1. The van der Waals surface area contributed by atoms with E-state index in [0.717, 1.165) is 30.5 Å². The Balaban J connectivity index is 1.61. The molecule has 0 saturated carbocycles. The molecule has 0 aliphatic heterocycles. The molecule has 2 atom stereocenters. The van der Waals surface area contributed by atoms with E-state index in [2.05, 4.69) is 22.8 Å². The van der Waals surface area contributed by atoms with Gasteiger partial charge in [0.05, 0.1) is 6.04 Å². The highest BCUT2D eigenvalue weighted by atomic mass is 16.6. The molecule has 0 aromatic heterocycles. The Kier molecular flexibility index (Phi) is 7.01. The van der Waals surface area contributed by atoms with Crippen molar-refractivity contribution in [2.45, 2.75) is 51.3 Å². The van der Waals surface area contributed by atoms with Crippen LogP contribution in [-0.4, -0.2) is 43.1 Å². The van der Waals surface area contributed by atoms with E-state index in [1.807, 2.05) is 57.2 Å². The summed E-state index contributed by atoms with van der Waals surface area (Å²) in [5.74, 6) is 0.00980. The largest absolute Gasteiger partial charge is 0.444 e. The van der Waals surface area contributed by atoms with Crippen molar-refractivity contribution in [1.29, 1.82) is 0 Å². The highest BCUT2D eigenvalue weighted by molar-refractivity contribution is 5.94. The average molecular weight is 424 g/mol. The lowest BCUT2D eigenvalue weighted by Gasteiger charge is -2.22. The van der Waals surface area contributed by atoms with Crippen molar-refractivity contribution >= 4 is 12.0 Å². The lowest BCUT2D eigenvalue weighted by Crippen LogP contribution is -2.34. The van der Waals surface area contributed by atoms with Gasteiger partial charge in [0.1, 0.15) is 5.60 Å².